The molecular weight excluding hydrogens is 274 g/mol. The molecule has 2 rings (SSSR count). The Bertz CT molecular complexity index is 696. The molecule has 0 amide bonds. The van der Waals surface area contributed by atoms with Crippen molar-refractivity contribution in [2.24, 2.45) is 0 Å². The van der Waals surface area contributed by atoms with Gasteiger partial charge in [0.25, 0.3) is 5.69 Å². The van der Waals surface area contributed by atoms with Gasteiger partial charge in [-0.25, -0.2) is 0 Å². The Kier molecular flexibility index (Phi) is 4.18. The van der Waals surface area contributed by atoms with Crippen LogP contribution in [-0.2, 0) is 11.2 Å². The van der Waals surface area contributed by atoms with Gasteiger partial charge in [0.2, 0.25) is 0 Å². The Hall–Kier alpha value is -2.89. The first-order valence-corrected chi connectivity index (χ1v) is 6.19. The molecule has 0 aliphatic heterocycles. The number of nitro benzene ring substituents is 1. The van der Waals surface area contributed by atoms with Gasteiger partial charge in [-0.2, -0.15) is 0 Å². The van der Waals surface area contributed by atoms with Crippen LogP contribution in [0.1, 0.15) is 11.1 Å². The number of non-ortho nitro benzene ring substituents is 1. The first-order valence-electron chi connectivity index (χ1n) is 6.19. The number of hydrogen-bond acceptors (Lipinski definition) is 4. The minimum absolute atomic E-state index is 0.0688. The fourth-order valence-electron chi connectivity index (χ4n) is 1.93. The molecule has 0 atom stereocenters. The summed E-state index contributed by atoms with van der Waals surface area (Å²) in [5, 5.41) is 19.7. The number of aliphatic carboxylic acids is 1. The van der Waals surface area contributed by atoms with Crippen molar-refractivity contribution in [1.29, 1.82) is 0 Å². The Morgan fingerprint density at radius 1 is 1.29 bits per heavy atom. The number of hydrogen-bond donors (Lipinski definition) is 1. The lowest BCUT2D eigenvalue weighted by Gasteiger charge is -2.10. The zero-order chi connectivity index (χ0) is 15.4. The minimum atomic E-state index is -0.971. The summed E-state index contributed by atoms with van der Waals surface area (Å²) in [6.45, 7) is 1.73. The highest BCUT2D eigenvalue weighted by Crippen LogP contribution is 2.29. The number of aryl methyl sites for hydroxylation is 1. The first kappa shape index (κ1) is 14.5. The third-order valence-corrected chi connectivity index (χ3v) is 2.79. The summed E-state index contributed by atoms with van der Waals surface area (Å²) >= 11 is 0. The lowest BCUT2D eigenvalue weighted by Crippen LogP contribution is -2.02. The Labute approximate surface area is 120 Å². The predicted molar refractivity (Wildman–Crippen MR) is 75.7 cm³/mol. The Balaban J connectivity index is 2.34. The van der Waals surface area contributed by atoms with Gasteiger partial charge in [-0.15, -0.1) is 0 Å². The van der Waals surface area contributed by atoms with Crippen LogP contribution in [0.4, 0.5) is 5.69 Å². The molecule has 0 saturated heterocycles. The van der Waals surface area contributed by atoms with Crippen molar-refractivity contribution in [1.82, 2.24) is 0 Å². The Morgan fingerprint density at radius 2 is 2.00 bits per heavy atom. The maximum Gasteiger partial charge on any atom is 0.307 e. The van der Waals surface area contributed by atoms with Gasteiger partial charge >= 0.3 is 5.97 Å². The zero-order valence-electron chi connectivity index (χ0n) is 11.3. The van der Waals surface area contributed by atoms with Gasteiger partial charge in [-0.05, 0) is 24.6 Å². The van der Waals surface area contributed by atoms with Gasteiger partial charge in [0.15, 0.2) is 0 Å². The summed E-state index contributed by atoms with van der Waals surface area (Å²) in [4.78, 5) is 21.2. The standard InChI is InChI=1S/C15H13NO5/c1-10-6-12(16(19)20)9-13(7-10)21-14-5-3-2-4-11(14)8-15(17)18/h2-7,9H,8H2,1H3,(H,17,18). The SMILES string of the molecule is Cc1cc(Oc2ccccc2CC(=O)O)cc([N+](=O)[O-])c1. The quantitative estimate of drug-likeness (QED) is 0.673. The van der Waals surface area contributed by atoms with Crippen molar-refractivity contribution in [3.8, 4) is 11.5 Å². The summed E-state index contributed by atoms with van der Waals surface area (Å²) in [7, 11) is 0. The van der Waals surface area contributed by atoms with Crippen molar-refractivity contribution < 1.29 is 19.6 Å². The van der Waals surface area contributed by atoms with Crippen molar-refractivity contribution in [2.75, 3.05) is 0 Å². The van der Waals surface area contributed by atoms with E-state index in [-0.39, 0.29) is 12.1 Å². The molecular formula is C15H13NO5. The number of para-hydroxylation sites is 1. The van der Waals surface area contributed by atoms with Crippen molar-refractivity contribution in [2.45, 2.75) is 13.3 Å². The van der Waals surface area contributed by atoms with Gasteiger partial charge in [0.05, 0.1) is 17.4 Å². The van der Waals surface area contributed by atoms with E-state index in [2.05, 4.69) is 0 Å². The number of benzene rings is 2. The highest BCUT2D eigenvalue weighted by Gasteiger charge is 2.12. The number of nitro groups is 1. The summed E-state index contributed by atoms with van der Waals surface area (Å²) in [5.41, 5.74) is 1.13. The average Bonchev–Trinajstić information content (AvgIpc) is 2.39. The Morgan fingerprint density at radius 3 is 2.67 bits per heavy atom. The molecule has 0 aliphatic rings. The molecule has 0 aliphatic carbocycles. The van der Waals surface area contributed by atoms with E-state index in [4.69, 9.17) is 9.84 Å². The molecule has 2 aromatic carbocycles. The van der Waals surface area contributed by atoms with Crippen LogP contribution >= 0.6 is 0 Å². The van der Waals surface area contributed by atoms with Crippen LogP contribution in [-0.4, -0.2) is 16.0 Å². The number of ether oxygens (including phenoxy) is 1. The topological polar surface area (TPSA) is 89.7 Å². The first-order chi connectivity index (χ1) is 9.95. The summed E-state index contributed by atoms with van der Waals surface area (Å²) in [6.07, 6.45) is -0.177. The van der Waals surface area contributed by atoms with Crippen LogP contribution in [0.3, 0.4) is 0 Å². The van der Waals surface area contributed by atoms with Gasteiger partial charge < -0.3 is 9.84 Å². The van der Waals surface area contributed by atoms with Gasteiger partial charge in [-0.1, -0.05) is 18.2 Å². The number of carbonyl (C=O) groups is 1. The highest BCUT2D eigenvalue weighted by atomic mass is 16.6. The van der Waals surface area contributed by atoms with E-state index in [1.165, 1.54) is 12.1 Å². The second kappa shape index (κ2) is 6.04. The molecule has 108 valence electrons. The summed E-state index contributed by atoms with van der Waals surface area (Å²) in [5.74, 6) is -0.291. The molecule has 0 heterocycles. The molecule has 2 aromatic rings. The maximum atomic E-state index is 10.8. The predicted octanol–water partition coefficient (Wildman–Crippen LogP) is 3.32. The molecule has 0 radical (unpaired) electrons. The zero-order valence-corrected chi connectivity index (χ0v) is 11.3. The summed E-state index contributed by atoms with van der Waals surface area (Å²) < 4.78 is 5.61. The fourth-order valence-corrected chi connectivity index (χ4v) is 1.93. The number of nitrogens with zero attached hydrogens (tertiary/aromatic N) is 1. The molecule has 1 N–H and O–H groups in total. The van der Waals surface area contributed by atoms with E-state index >= 15 is 0 Å². The van der Waals surface area contributed by atoms with E-state index in [1.54, 1.807) is 37.3 Å². The van der Waals surface area contributed by atoms with E-state index in [0.717, 1.165) is 0 Å². The van der Waals surface area contributed by atoms with E-state index in [0.29, 0.717) is 22.6 Å². The monoisotopic (exact) mass is 287 g/mol. The van der Waals surface area contributed by atoms with E-state index in [1.807, 2.05) is 0 Å². The van der Waals surface area contributed by atoms with Crippen molar-refractivity contribution >= 4 is 11.7 Å². The van der Waals surface area contributed by atoms with Crippen molar-refractivity contribution in [3.05, 3.63) is 63.7 Å². The molecule has 21 heavy (non-hydrogen) atoms. The average molecular weight is 287 g/mol. The molecule has 0 fully saturated rings. The lowest BCUT2D eigenvalue weighted by molar-refractivity contribution is -0.385. The van der Waals surface area contributed by atoms with E-state index in [9.17, 15) is 14.9 Å². The molecule has 0 aromatic heterocycles. The number of rotatable bonds is 5. The second-order valence-corrected chi connectivity index (χ2v) is 4.54. The summed E-state index contributed by atoms with van der Waals surface area (Å²) in [6, 6.07) is 11.1. The number of carboxylic acid groups (broad SMARTS) is 1. The molecule has 6 nitrogen and oxygen atoms in total. The van der Waals surface area contributed by atoms with Gasteiger partial charge in [0, 0.05) is 11.6 Å². The second-order valence-electron chi connectivity index (χ2n) is 4.54. The number of carboxylic acids is 1. The molecule has 0 saturated carbocycles. The molecule has 0 bridgehead atoms. The lowest BCUT2D eigenvalue weighted by atomic mass is 10.1. The third-order valence-electron chi connectivity index (χ3n) is 2.79. The van der Waals surface area contributed by atoms with Crippen LogP contribution in [0.2, 0.25) is 0 Å². The van der Waals surface area contributed by atoms with Crippen LogP contribution in [0, 0.1) is 17.0 Å². The fraction of sp³-hybridized carbons (Fsp3) is 0.133. The highest BCUT2D eigenvalue weighted by molar-refractivity contribution is 5.71. The van der Waals surface area contributed by atoms with Crippen LogP contribution in [0.25, 0.3) is 0 Å². The molecule has 0 spiro atoms. The molecule has 6 heteroatoms. The van der Waals surface area contributed by atoms with Crippen molar-refractivity contribution in [3.63, 3.8) is 0 Å². The van der Waals surface area contributed by atoms with Crippen LogP contribution in [0.15, 0.2) is 42.5 Å². The van der Waals surface area contributed by atoms with Crippen LogP contribution < -0.4 is 4.74 Å². The smallest absolute Gasteiger partial charge is 0.307 e. The van der Waals surface area contributed by atoms with E-state index < -0.39 is 10.9 Å². The van der Waals surface area contributed by atoms with Gasteiger partial charge in [0.1, 0.15) is 11.5 Å². The van der Waals surface area contributed by atoms with Crippen LogP contribution in [0.5, 0.6) is 11.5 Å². The maximum absolute atomic E-state index is 10.8. The third kappa shape index (κ3) is 3.79. The normalized spacial score (nSPS) is 10.1. The van der Waals surface area contributed by atoms with Gasteiger partial charge in [-0.3, -0.25) is 14.9 Å². The largest absolute Gasteiger partial charge is 0.481 e. The minimum Gasteiger partial charge on any atom is -0.481 e. The molecule has 0 unspecified atom stereocenters.